The highest BCUT2D eigenvalue weighted by Gasteiger charge is 2.10. The van der Waals surface area contributed by atoms with Crippen LogP contribution in [0.1, 0.15) is 16.8 Å². The Kier molecular flexibility index (Phi) is 3.50. The fourth-order valence-corrected chi connectivity index (χ4v) is 2.99. The third-order valence-electron chi connectivity index (χ3n) is 4.19. The molecule has 1 aromatic heterocycles. The second-order valence-electron chi connectivity index (χ2n) is 5.96. The largest absolute Gasteiger partial charge is 0.506 e. The van der Waals surface area contributed by atoms with E-state index >= 15 is 0 Å². The Balaban J connectivity index is 1.65. The normalized spacial score (nSPS) is 11.0. The molecule has 0 atom stereocenters. The van der Waals surface area contributed by atoms with Crippen molar-refractivity contribution >= 4 is 10.8 Å². The van der Waals surface area contributed by atoms with Gasteiger partial charge >= 0.3 is 0 Å². The standard InChI is InChI=1S/C20H17N3O/c1-14-5-4-8-19(24)20(14)23-13-18(21-22-23)12-15-9-10-16-6-2-3-7-17(16)11-15/h2-11,13,24H,12H2,1H3. The van der Waals surface area contributed by atoms with Crippen molar-refractivity contribution in [3.63, 3.8) is 0 Å². The maximum atomic E-state index is 10.1. The number of aryl methyl sites for hydroxylation is 1. The van der Waals surface area contributed by atoms with Crippen molar-refractivity contribution in [1.29, 1.82) is 0 Å². The average Bonchev–Trinajstić information content (AvgIpc) is 3.03. The van der Waals surface area contributed by atoms with E-state index in [1.165, 1.54) is 16.3 Å². The van der Waals surface area contributed by atoms with Crippen LogP contribution in [-0.4, -0.2) is 20.1 Å². The molecule has 4 heteroatoms. The van der Waals surface area contributed by atoms with Gasteiger partial charge in [0.25, 0.3) is 0 Å². The van der Waals surface area contributed by atoms with Crippen LogP contribution in [0, 0.1) is 6.92 Å². The molecular formula is C20H17N3O. The SMILES string of the molecule is Cc1cccc(O)c1-n1cc(Cc2ccc3ccccc3c2)nn1. The smallest absolute Gasteiger partial charge is 0.141 e. The number of para-hydroxylation sites is 1. The molecule has 118 valence electrons. The van der Waals surface area contributed by atoms with Gasteiger partial charge in [-0.1, -0.05) is 59.8 Å². The van der Waals surface area contributed by atoms with Crippen molar-refractivity contribution < 1.29 is 5.11 Å². The van der Waals surface area contributed by atoms with Crippen LogP contribution in [0.2, 0.25) is 0 Å². The summed E-state index contributed by atoms with van der Waals surface area (Å²) < 4.78 is 1.64. The lowest BCUT2D eigenvalue weighted by Gasteiger charge is -2.06. The molecule has 0 bridgehead atoms. The highest BCUT2D eigenvalue weighted by Crippen LogP contribution is 2.24. The van der Waals surface area contributed by atoms with Crippen LogP contribution >= 0.6 is 0 Å². The molecule has 24 heavy (non-hydrogen) atoms. The zero-order valence-corrected chi connectivity index (χ0v) is 13.3. The van der Waals surface area contributed by atoms with E-state index < -0.39 is 0 Å². The van der Waals surface area contributed by atoms with E-state index in [9.17, 15) is 5.11 Å². The maximum absolute atomic E-state index is 10.1. The van der Waals surface area contributed by atoms with Gasteiger partial charge in [-0.3, -0.25) is 0 Å². The molecule has 0 saturated carbocycles. The number of hydrogen-bond acceptors (Lipinski definition) is 3. The second kappa shape index (κ2) is 5.81. The summed E-state index contributed by atoms with van der Waals surface area (Å²) in [6.07, 6.45) is 2.58. The van der Waals surface area contributed by atoms with Gasteiger partial charge in [-0.25, -0.2) is 4.68 Å². The third-order valence-corrected chi connectivity index (χ3v) is 4.19. The summed E-state index contributed by atoms with van der Waals surface area (Å²) in [6.45, 7) is 1.94. The molecule has 1 heterocycles. The van der Waals surface area contributed by atoms with Gasteiger partial charge in [0.2, 0.25) is 0 Å². The van der Waals surface area contributed by atoms with E-state index in [2.05, 4.69) is 40.6 Å². The van der Waals surface area contributed by atoms with E-state index in [-0.39, 0.29) is 5.75 Å². The van der Waals surface area contributed by atoms with Crippen molar-refractivity contribution in [2.75, 3.05) is 0 Å². The average molecular weight is 315 g/mol. The Bertz CT molecular complexity index is 1000. The number of aromatic nitrogens is 3. The Morgan fingerprint density at radius 1 is 0.958 bits per heavy atom. The number of phenols is 1. The zero-order chi connectivity index (χ0) is 16.5. The van der Waals surface area contributed by atoms with Crippen molar-refractivity contribution in [3.05, 3.63) is 83.7 Å². The van der Waals surface area contributed by atoms with Crippen LogP contribution in [0.15, 0.2) is 66.9 Å². The Morgan fingerprint density at radius 2 is 1.79 bits per heavy atom. The van der Waals surface area contributed by atoms with Gasteiger partial charge in [-0.05, 0) is 34.9 Å². The number of phenolic OH excluding ortho intramolecular Hbond substituents is 1. The molecule has 3 aromatic carbocycles. The Hall–Kier alpha value is -3.14. The van der Waals surface area contributed by atoms with E-state index in [4.69, 9.17) is 0 Å². The maximum Gasteiger partial charge on any atom is 0.141 e. The molecule has 0 radical (unpaired) electrons. The lowest BCUT2D eigenvalue weighted by Crippen LogP contribution is -1.98. The predicted octanol–water partition coefficient (Wildman–Crippen LogP) is 4.03. The van der Waals surface area contributed by atoms with E-state index in [1.807, 2.05) is 37.4 Å². The van der Waals surface area contributed by atoms with E-state index in [1.54, 1.807) is 10.7 Å². The molecule has 0 spiro atoms. The minimum atomic E-state index is 0.206. The van der Waals surface area contributed by atoms with E-state index in [0.717, 1.165) is 11.3 Å². The molecule has 4 rings (SSSR count). The van der Waals surface area contributed by atoms with Crippen molar-refractivity contribution in [1.82, 2.24) is 15.0 Å². The zero-order valence-electron chi connectivity index (χ0n) is 13.3. The summed E-state index contributed by atoms with van der Waals surface area (Å²) in [4.78, 5) is 0. The van der Waals surface area contributed by atoms with Crippen LogP contribution in [0.25, 0.3) is 16.5 Å². The van der Waals surface area contributed by atoms with Crippen molar-refractivity contribution in [3.8, 4) is 11.4 Å². The van der Waals surface area contributed by atoms with Gasteiger partial charge in [-0.2, -0.15) is 0 Å². The first-order chi connectivity index (χ1) is 11.7. The number of benzene rings is 3. The molecule has 4 aromatic rings. The first-order valence-electron chi connectivity index (χ1n) is 7.88. The van der Waals surface area contributed by atoms with Crippen LogP contribution < -0.4 is 0 Å². The lowest BCUT2D eigenvalue weighted by atomic mass is 10.0. The first-order valence-corrected chi connectivity index (χ1v) is 7.88. The molecular weight excluding hydrogens is 298 g/mol. The highest BCUT2D eigenvalue weighted by molar-refractivity contribution is 5.83. The number of nitrogens with zero attached hydrogens (tertiary/aromatic N) is 3. The molecule has 1 N–H and O–H groups in total. The minimum Gasteiger partial charge on any atom is -0.506 e. The monoisotopic (exact) mass is 315 g/mol. The minimum absolute atomic E-state index is 0.206. The number of fused-ring (bicyclic) bond motifs is 1. The second-order valence-corrected chi connectivity index (χ2v) is 5.96. The summed E-state index contributed by atoms with van der Waals surface area (Å²) in [5, 5.41) is 21.0. The number of rotatable bonds is 3. The predicted molar refractivity (Wildman–Crippen MR) is 94.5 cm³/mol. The molecule has 0 aliphatic carbocycles. The summed E-state index contributed by atoms with van der Waals surface area (Å²) in [5.74, 6) is 0.206. The fraction of sp³-hybridized carbons (Fsp3) is 0.100. The van der Waals surface area contributed by atoms with Crippen LogP contribution in [0.4, 0.5) is 0 Å². The van der Waals surface area contributed by atoms with Crippen molar-refractivity contribution in [2.45, 2.75) is 13.3 Å². The lowest BCUT2D eigenvalue weighted by molar-refractivity contribution is 0.469. The van der Waals surface area contributed by atoms with Crippen molar-refractivity contribution in [2.24, 2.45) is 0 Å². The van der Waals surface area contributed by atoms with Crippen LogP contribution in [-0.2, 0) is 6.42 Å². The molecule has 0 aliphatic rings. The topological polar surface area (TPSA) is 50.9 Å². The van der Waals surface area contributed by atoms with E-state index in [0.29, 0.717) is 12.1 Å². The molecule has 0 aliphatic heterocycles. The fourth-order valence-electron chi connectivity index (χ4n) is 2.99. The Morgan fingerprint density at radius 3 is 2.62 bits per heavy atom. The van der Waals surface area contributed by atoms with Crippen LogP contribution in [0.5, 0.6) is 5.75 Å². The highest BCUT2D eigenvalue weighted by atomic mass is 16.3. The van der Waals surface area contributed by atoms with Gasteiger partial charge in [-0.15, -0.1) is 5.10 Å². The molecule has 0 unspecified atom stereocenters. The molecule has 0 amide bonds. The molecule has 0 saturated heterocycles. The number of hydrogen-bond donors (Lipinski definition) is 1. The molecule has 4 nitrogen and oxygen atoms in total. The van der Waals surface area contributed by atoms with Gasteiger partial charge in [0.1, 0.15) is 11.4 Å². The summed E-state index contributed by atoms with van der Waals surface area (Å²) in [5.41, 5.74) is 3.69. The van der Waals surface area contributed by atoms with Gasteiger partial charge in [0, 0.05) is 6.42 Å². The van der Waals surface area contributed by atoms with Gasteiger partial charge < -0.3 is 5.11 Å². The quantitative estimate of drug-likeness (QED) is 0.621. The first kappa shape index (κ1) is 14.5. The summed E-state index contributed by atoms with van der Waals surface area (Å²) in [7, 11) is 0. The number of aromatic hydroxyl groups is 1. The third kappa shape index (κ3) is 2.63. The summed E-state index contributed by atoms with van der Waals surface area (Å²) in [6, 6.07) is 20.2. The van der Waals surface area contributed by atoms with Gasteiger partial charge in [0.15, 0.2) is 0 Å². The van der Waals surface area contributed by atoms with Crippen LogP contribution in [0.3, 0.4) is 0 Å². The van der Waals surface area contributed by atoms with Gasteiger partial charge in [0.05, 0.1) is 11.9 Å². The Labute approximate surface area is 140 Å². The summed E-state index contributed by atoms with van der Waals surface area (Å²) >= 11 is 0. The molecule has 0 fully saturated rings.